The molecule has 9 nitrogen and oxygen atoms in total. The van der Waals surface area contributed by atoms with Crippen LogP contribution in [-0.4, -0.2) is 70.9 Å². The molecule has 0 aliphatic carbocycles. The maximum atomic E-state index is 13.4. The Labute approximate surface area is 195 Å². The summed E-state index contributed by atoms with van der Waals surface area (Å²) in [5.41, 5.74) is -0.257. The van der Waals surface area contributed by atoms with Crippen molar-refractivity contribution in [1.82, 2.24) is 9.80 Å². The van der Waals surface area contributed by atoms with Crippen molar-refractivity contribution in [3.8, 4) is 0 Å². The highest BCUT2D eigenvalue weighted by molar-refractivity contribution is 6.46. The smallest absolute Gasteiger partial charge is 0.295 e. The van der Waals surface area contributed by atoms with E-state index in [1.165, 1.54) is 35.2 Å². The van der Waals surface area contributed by atoms with Gasteiger partial charge in [-0.15, -0.1) is 0 Å². The first-order valence-corrected chi connectivity index (χ1v) is 11.0. The lowest BCUT2D eigenvalue weighted by molar-refractivity contribution is -0.385. The van der Waals surface area contributed by atoms with Gasteiger partial charge in [0, 0.05) is 37.8 Å². The fourth-order valence-electron chi connectivity index (χ4n) is 4.37. The Balaban J connectivity index is 1.73. The number of ether oxygens (including phenoxy) is 1. The molecule has 2 aromatic rings. The molecular formula is C24H24FN3O6. The van der Waals surface area contributed by atoms with Gasteiger partial charge in [0.15, 0.2) is 0 Å². The van der Waals surface area contributed by atoms with Gasteiger partial charge >= 0.3 is 0 Å². The van der Waals surface area contributed by atoms with E-state index < -0.39 is 34.2 Å². The number of nitro groups is 1. The van der Waals surface area contributed by atoms with Crippen molar-refractivity contribution in [2.45, 2.75) is 12.5 Å². The number of carbonyl (C=O) groups excluding carboxylic acids is 2. The molecule has 34 heavy (non-hydrogen) atoms. The van der Waals surface area contributed by atoms with E-state index in [-0.39, 0.29) is 28.9 Å². The predicted octanol–water partition coefficient (Wildman–Crippen LogP) is 2.88. The van der Waals surface area contributed by atoms with Gasteiger partial charge < -0.3 is 14.7 Å². The number of hydrogen-bond donors (Lipinski definition) is 1. The summed E-state index contributed by atoms with van der Waals surface area (Å²) >= 11 is 0. The largest absolute Gasteiger partial charge is 0.507 e. The van der Waals surface area contributed by atoms with Crippen LogP contribution in [0.15, 0.2) is 54.1 Å². The van der Waals surface area contributed by atoms with Crippen molar-refractivity contribution in [3.05, 3.63) is 81.2 Å². The Morgan fingerprint density at radius 1 is 1.09 bits per heavy atom. The second-order valence-electron chi connectivity index (χ2n) is 8.12. The monoisotopic (exact) mass is 469 g/mol. The van der Waals surface area contributed by atoms with Crippen LogP contribution < -0.4 is 0 Å². The third-order valence-corrected chi connectivity index (χ3v) is 6.06. The summed E-state index contributed by atoms with van der Waals surface area (Å²) in [4.78, 5) is 40.7. The molecule has 2 fully saturated rings. The van der Waals surface area contributed by atoms with Crippen molar-refractivity contribution < 1.29 is 28.7 Å². The topological polar surface area (TPSA) is 113 Å². The van der Waals surface area contributed by atoms with Gasteiger partial charge in [0.05, 0.1) is 35.3 Å². The molecule has 1 unspecified atom stereocenters. The van der Waals surface area contributed by atoms with Crippen molar-refractivity contribution in [2.24, 2.45) is 0 Å². The van der Waals surface area contributed by atoms with Gasteiger partial charge in [0.25, 0.3) is 17.4 Å². The number of nitrogens with zero attached hydrogens (tertiary/aromatic N) is 3. The Morgan fingerprint density at radius 2 is 1.76 bits per heavy atom. The predicted molar refractivity (Wildman–Crippen MR) is 120 cm³/mol. The summed E-state index contributed by atoms with van der Waals surface area (Å²) in [5, 5.41) is 22.7. The standard InChI is InChI=1S/C24H24FN3O6/c25-17-8-6-16(7-9-17)22(29)20-21(18-4-1-2-5-19(18)28(32)33)27(24(31)23(20)30)11-3-10-26-12-14-34-15-13-26/h1-2,4-9,21,29H,3,10-15H2. The van der Waals surface area contributed by atoms with Crippen LogP contribution in [0.1, 0.15) is 23.6 Å². The number of ketones is 1. The highest BCUT2D eigenvalue weighted by atomic mass is 19.1. The zero-order valence-electron chi connectivity index (χ0n) is 18.4. The van der Waals surface area contributed by atoms with E-state index >= 15 is 0 Å². The van der Waals surface area contributed by atoms with E-state index in [1.807, 2.05) is 0 Å². The lowest BCUT2D eigenvalue weighted by Crippen LogP contribution is -2.39. The van der Waals surface area contributed by atoms with Crippen molar-refractivity contribution in [2.75, 3.05) is 39.4 Å². The number of carbonyl (C=O) groups is 2. The number of amides is 1. The first-order chi connectivity index (χ1) is 16.4. The third-order valence-electron chi connectivity index (χ3n) is 6.06. The van der Waals surface area contributed by atoms with E-state index in [0.717, 1.165) is 25.2 Å². The highest BCUT2D eigenvalue weighted by Crippen LogP contribution is 2.42. The zero-order valence-corrected chi connectivity index (χ0v) is 18.4. The number of morpholine rings is 1. The number of rotatable bonds is 7. The van der Waals surface area contributed by atoms with Gasteiger partial charge in [-0.1, -0.05) is 12.1 Å². The summed E-state index contributed by atoms with van der Waals surface area (Å²) in [6.07, 6.45) is 0.529. The molecule has 1 amide bonds. The van der Waals surface area contributed by atoms with Crippen LogP contribution in [0.5, 0.6) is 0 Å². The summed E-state index contributed by atoms with van der Waals surface area (Å²) in [5.74, 6) is -2.81. The first kappa shape index (κ1) is 23.5. The molecule has 0 bridgehead atoms. The molecule has 0 spiro atoms. The van der Waals surface area contributed by atoms with Gasteiger partial charge in [-0.2, -0.15) is 0 Å². The van der Waals surface area contributed by atoms with Crippen LogP contribution in [-0.2, 0) is 14.3 Å². The average molecular weight is 469 g/mol. The Kier molecular flexibility index (Phi) is 6.99. The van der Waals surface area contributed by atoms with E-state index in [2.05, 4.69) is 4.90 Å². The highest BCUT2D eigenvalue weighted by Gasteiger charge is 2.47. The number of nitro benzene ring substituents is 1. The molecule has 1 N–H and O–H groups in total. The van der Waals surface area contributed by atoms with Crippen LogP contribution in [0.3, 0.4) is 0 Å². The first-order valence-electron chi connectivity index (χ1n) is 11.0. The minimum Gasteiger partial charge on any atom is -0.507 e. The number of likely N-dealkylation sites (tertiary alicyclic amines) is 1. The van der Waals surface area contributed by atoms with Crippen LogP contribution in [0.25, 0.3) is 5.76 Å². The number of aliphatic hydroxyl groups is 1. The maximum Gasteiger partial charge on any atom is 0.295 e. The number of halogens is 1. The second-order valence-corrected chi connectivity index (χ2v) is 8.12. The van der Waals surface area contributed by atoms with Crippen LogP contribution in [0, 0.1) is 15.9 Å². The lowest BCUT2D eigenvalue weighted by Gasteiger charge is -2.29. The van der Waals surface area contributed by atoms with Gasteiger partial charge in [-0.05, 0) is 36.8 Å². The normalized spacial score (nSPS) is 20.6. The fraction of sp³-hybridized carbons (Fsp3) is 0.333. The molecule has 1 atom stereocenters. The molecule has 10 heteroatoms. The van der Waals surface area contributed by atoms with Gasteiger partial charge in [0.1, 0.15) is 11.6 Å². The van der Waals surface area contributed by atoms with E-state index in [0.29, 0.717) is 26.2 Å². The molecule has 0 aromatic heterocycles. The molecule has 2 aliphatic heterocycles. The maximum absolute atomic E-state index is 13.4. The molecule has 178 valence electrons. The minimum absolute atomic E-state index is 0.127. The molecule has 2 saturated heterocycles. The van der Waals surface area contributed by atoms with Crippen LogP contribution >= 0.6 is 0 Å². The lowest BCUT2D eigenvalue weighted by atomic mass is 9.94. The van der Waals surface area contributed by atoms with E-state index in [4.69, 9.17) is 4.74 Å². The van der Waals surface area contributed by atoms with Gasteiger partial charge in [-0.25, -0.2) is 4.39 Å². The molecule has 2 aromatic carbocycles. The van der Waals surface area contributed by atoms with Crippen molar-refractivity contribution >= 4 is 23.1 Å². The molecule has 4 rings (SSSR count). The van der Waals surface area contributed by atoms with Crippen LogP contribution in [0.4, 0.5) is 10.1 Å². The molecule has 0 saturated carbocycles. The minimum atomic E-state index is -1.14. The van der Waals surface area contributed by atoms with Crippen LogP contribution in [0.2, 0.25) is 0 Å². The second kappa shape index (κ2) is 10.1. The Morgan fingerprint density at radius 3 is 2.44 bits per heavy atom. The van der Waals surface area contributed by atoms with Gasteiger partial charge in [0.2, 0.25) is 0 Å². The molecule has 2 heterocycles. The van der Waals surface area contributed by atoms with E-state index in [1.54, 1.807) is 6.07 Å². The van der Waals surface area contributed by atoms with E-state index in [9.17, 15) is 29.2 Å². The summed E-state index contributed by atoms with van der Waals surface area (Å²) in [6, 6.07) is 9.50. The quantitative estimate of drug-likeness (QED) is 0.218. The number of aliphatic hydroxyl groups excluding tert-OH is 1. The number of Topliss-reactive ketones (excluding diaryl/α,β-unsaturated/α-hetero) is 1. The average Bonchev–Trinajstić information content (AvgIpc) is 3.09. The number of benzene rings is 2. The van der Waals surface area contributed by atoms with Gasteiger partial charge in [-0.3, -0.25) is 24.6 Å². The third kappa shape index (κ3) is 4.68. The van der Waals surface area contributed by atoms with Crippen molar-refractivity contribution in [3.63, 3.8) is 0 Å². The molecule has 2 aliphatic rings. The number of hydrogen-bond acceptors (Lipinski definition) is 7. The summed E-state index contributed by atoms with van der Waals surface area (Å²) in [6.45, 7) is 3.59. The van der Waals surface area contributed by atoms with Crippen molar-refractivity contribution in [1.29, 1.82) is 0 Å². The zero-order chi connectivity index (χ0) is 24.2. The Hall–Kier alpha value is -3.63. The number of para-hydroxylation sites is 1. The molecular weight excluding hydrogens is 445 g/mol. The fourth-order valence-corrected chi connectivity index (χ4v) is 4.37. The molecule has 0 radical (unpaired) electrons. The summed E-state index contributed by atoms with van der Waals surface area (Å²) < 4.78 is 18.7. The SMILES string of the molecule is O=C1C(=O)N(CCCN2CCOCC2)C(c2ccccc2[N+](=O)[O-])C1=C(O)c1ccc(F)cc1. The summed E-state index contributed by atoms with van der Waals surface area (Å²) in [7, 11) is 0. The Bertz CT molecular complexity index is 1130.